The zero-order valence-corrected chi connectivity index (χ0v) is 14.9. The Labute approximate surface area is 145 Å². The first-order valence-corrected chi connectivity index (χ1v) is 8.51. The van der Waals surface area contributed by atoms with E-state index in [4.69, 9.17) is 0 Å². The summed E-state index contributed by atoms with van der Waals surface area (Å²) in [5.74, 6) is 0. The summed E-state index contributed by atoms with van der Waals surface area (Å²) in [6.07, 6.45) is 17.6. The SMILES string of the molecule is C/C=C/C=C\c1c2c(c3ccccc3c1NC)C=CC(C)(C)C=C2. The minimum absolute atomic E-state index is 0.0598. The molecule has 24 heavy (non-hydrogen) atoms. The first kappa shape index (κ1) is 16.3. The molecule has 0 fully saturated rings. The van der Waals surface area contributed by atoms with Gasteiger partial charge in [0.05, 0.1) is 0 Å². The number of anilines is 1. The lowest BCUT2D eigenvalue weighted by Gasteiger charge is -2.17. The van der Waals surface area contributed by atoms with E-state index in [1.165, 1.54) is 33.2 Å². The highest BCUT2D eigenvalue weighted by Gasteiger charge is 2.18. The average molecular weight is 315 g/mol. The number of hydrogen-bond acceptors (Lipinski definition) is 1. The molecular weight excluding hydrogens is 290 g/mol. The molecule has 0 saturated carbocycles. The molecule has 0 amide bonds. The third-order valence-corrected chi connectivity index (χ3v) is 4.51. The third-order valence-electron chi connectivity index (χ3n) is 4.51. The van der Waals surface area contributed by atoms with Gasteiger partial charge < -0.3 is 5.32 Å². The second-order valence-electron chi connectivity index (χ2n) is 6.78. The molecule has 0 aliphatic heterocycles. The van der Waals surface area contributed by atoms with Crippen molar-refractivity contribution in [3.05, 3.63) is 71.3 Å². The summed E-state index contributed by atoms with van der Waals surface area (Å²) in [7, 11) is 2.00. The van der Waals surface area contributed by atoms with Gasteiger partial charge in [0, 0.05) is 29.1 Å². The van der Waals surface area contributed by atoms with Crippen LogP contribution in [0.25, 0.3) is 29.0 Å². The van der Waals surface area contributed by atoms with E-state index in [1.807, 2.05) is 20.0 Å². The Balaban J connectivity index is 2.41. The Kier molecular flexibility index (Phi) is 4.44. The van der Waals surface area contributed by atoms with E-state index in [0.29, 0.717) is 0 Å². The Morgan fingerprint density at radius 3 is 2.25 bits per heavy atom. The molecule has 2 aromatic rings. The van der Waals surface area contributed by atoms with E-state index in [1.54, 1.807) is 0 Å². The van der Waals surface area contributed by atoms with Gasteiger partial charge in [-0.15, -0.1) is 0 Å². The highest BCUT2D eigenvalue weighted by atomic mass is 14.8. The molecule has 0 unspecified atom stereocenters. The summed E-state index contributed by atoms with van der Waals surface area (Å²) < 4.78 is 0. The lowest BCUT2D eigenvalue weighted by molar-refractivity contribution is 0.633. The molecule has 1 heteroatoms. The van der Waals surface area contributed by atoms with Gasteiger partial charge in [-0.1, -0.05) is 86.7 Å². The summed E-state index contributed by atoms with van der Waals surface area (Å²) in [6.45, 7) is 6.51. The molecule has 0 bridgehead atoms. The van der Waals surface area contributed by atoms with Crippen molar-refractivity contribution in [1.82, 2.24) is 0 Å². The second-order valence-corrected chi connectivity index (χ2v) is 6.78. The van der Waals surface area contributed by atoms with Gasteiger partial charge in [0.15, 0.2) is 0 Å². The molecule has 1 aliphatic carbocycles. The van der Waals surface area contributed by atoms with Crippen molar-refractivity contribution in [3.8, 4) is 0 Å². The molecule has 0 radical (unpaired) electrons. The zero-order chi connectivity index (χ0) is 17.2. The van der Waals surface area contributed by atoms with Crippen molar-refractivity contribution in [1.29, 1.82) is 0 Å². The Morgan fingerprint density at radius 1 is 0.917 bits per heavy atom. The van der Waals surface area contributed by atoms with Crippen LogP contribution >= 0.6 is 0 Å². The Morgan fingerprint density at radius 2 is 1.58 bits per heavy atom. The fourth-order valence-corrected chi connectivity index (χ4v) is 3.22. The molecule has 3 rings (SSSR count). The molecule has 0 spiro atoms. The molecule has 122 valence electrons. The smallest absolute Gasteiger partial charge is 0.0497 e. The molecule has 0 saturated heterocycles. The van der Waals surface area contributed by atoms with E-state index in [-0.39, 0.29) is 5.41 Å². The topological polar surface area (TPSA) is 12.0 Å². The average Bonchev–Trinajstić information content (AvgIpc) is 2.74. The standard InChI is InChI=1S/C23H25N/c1-5-6-7-11-21-19-14-16-23(2,3)15-13-18(19)17-10-8-9-12-20(17)22(21)24-4/h5-16,24H,1-4H3/b6-5+,11-7-. The summed E-state index contributed by atoms with van der Waals surface area (Å²) >= 11 is 0. The first-order chi connectivity index (χ1) is 11.6. The molecule has 0 heterocycles. The van der Waals surface area contributed by atoms with Gasteiger partial charge in [-0.2, -0.15) is 0 Å². The molecule has 0 atom stereocenters. The van der Waals surface area contributed by atoms with Crippen LogP contribution < -0.4 is 5.32 Å². The van der Waals surface area contributed by atoms with E-state index >= 15 is 0 Å². The van der Waals surface area contributed by atoms with E-state index < -0.39 is 0 Å². The monoisotopic (exact) mass is 315 g/mol. The first-order valence-electron chi connectivity index (χ1n) is 8.51. The van der Waals surface area contributed by atoms with Crippen molar-refractivity contribution in [3.63, 3.8) is 0 Å². The molecule has 0 aromatic heterocycles. The summed E-state index contributed by atoms with van der Waals surface area (Å²) in [5, 5.41) is 5.97. The molecule has 2 aromatic carbocycles. The van der Waals surface area contributed by atoms with Crippen LogP contribution in [-0.4, -0.2) is 7.05 Å². The van der Waals surface area contributed by atoms with Crippen molar-refractivity contribution >= 4 is 34.7 Å². The van der Waals surface area contributed by atoms with Crippen molar-refractivity contribution < 1.29 is 0 Å². The van der Waals surface area contributed by atoms with Crippen LogP contribution in [0.2, 0.25) is 0 Å². The Bertz CT molecular complexity index is 877. The van der Waals surface area contributed by atoms with Crippen LogP contribution in [0.4, 0.5) is 5.69 Å². The van der Waals surface area contributed by atoms with Gasteiger partial charge in [-0.05, 0) is 23.4 Å². The van der Waals surface area contributed by atoms with Gasteiger partial charge >= 0.3 is 0 Å². The van der Waals surface area contributed by atoms with Crippen molar-refractivity contribution in [2.45, 2.75) is 20.8 Å². The quantitative estimate of drug-likeness (QED) is 0.634. The predicted octanol–water partition coefficient (Wildman–Crippen LogP) is 6.54. The van der Waals surface area contributed by atoms with Crippen LogP contribution in [-0.2, 0) is 0 Å². The highest BCUT2D eigenvalue weighted by Crippen LogP contribution is 2.39. The van der Waals surface area contributed by atoms with E-state index in [9.17, 15) is 0 Å². The molecule has 1 N–H and O–H groups in total. The fraction of sp³-hybridized carbons (Fsp3) is 0.217. The lowest BCUT2D eigenvalue weighted by Crippen LogP contribution is -2.00. The largest absolute Gasteiger partial charge is 0.387 e. The maximum Gasteiger partial charge on any atom is 0.0497 e. The lowest BCUT2D eigenvalue weighted by atomic mass is 9.91. The normalized spacial score (nSPS) is 16.0. The predicted molar refractivity (Wildman–Crippen MR) is 109 cm³/mol. The van der Waals surface area contributed by atoms with Crippen LogP contribution in [0.3, 0.4) is 0 Å². The molecular formula is C23H25N. The number of allylic oxidation sites excluding steroid dienone is 5. The molecule has 1 nitrogen and oxygen atoms in total. The second kappa shape index (κ2) is 6.52. The van der Waals surface area contributed by atoms with Crippen LogP contribution in [0.1, 0.15) is 37.5 Å². The number of benzene rings is 2. The van der Waals surface area contributed by atoms with Gasteiger partial charge in [0.1, 0.15) is 0 Å². The summed E-state index contributed by atoms with van der Waals surface area (Å²) in [5.41, 5.74) is 5.06. The van der Waals surface area contributed by atoms with Crippen LogP contribution in [0.5, 0.6) is 0 Å². The number of hydrogen-bond donors (Lipinski definition) is 1. The van der Waals surface area contributed by atoms with Crippen LogP contribution in [0, 0.1) is 5.41 Å². The third kappa shape index (κ3) is 2.94. The number of fused-ring (bicyclic) bond motifs is 3. The van der Waals surface area contributed by atoms with Gasteiger partial charge in [0.2, 0.25) is 0 Å². The zero-order valence-electron chi connectivity index (χ0n) is 14.9. The van der Waals surface area contributed by atoms with E-state index in [0.717, 1.165) is 0 Å². The van der Waals surface area contributed by atoms with Crippen molar-refractivity contribution in [2.75, 3.05) is 12.4 Å². The van der Waals surface area contributed by atoms with Crippen molar-refractivity contribution in [2.24, 2.45) is 5.41 Å². The number of nitrogens with one attached hydrogen (secondary N) is 1. The Hall–Kier alpha value is -2.54. The van der Waals surface area contributed by atoms with Gasteiger partial charge in [-0.25, -0.2) is 0 Å². The maximum atomic E-state index is 3.42. The van der Waals surface area contributed by atoms with Gasteiger partial charge in [0.25, 0.3) is 0 Å². The maximum absolute atomic E-state index is 3.42. The summed E-state index contributed by atoms with van der Waals surface area (Å²) in [4.78, 5) is 0. The van der Waals surface area contributed by atoms with Crippen LogP contribution in [0.15, 0.2) is 54.6 Å². The fourth-order valence-electron chi connectivity index (χ4n) is 3.22. The minimum Gasteiger partial charge on any atom is -0.387 e. The van der Waals surface area contributed by atoms with E-state index in [2.05, 4.69) is 86.0 Å². The number of rotatable bonds is 3. The highest BCUT2D eigenvalue weighted by molar-refractivity contribution is 6.06. The van der Waals surface area contributed by atoms with Gasteiger partial charge in [-0.3, -0.25) is 0 Å². The molecule has 1 aliphatic rings. The summed E-state index contributed by atoms with van der Waals surface area (Å²) in [6, 6.07) is 8.63. The minimum atomic E-state index is 0.0598.